The summed E-state index contributed by atoms with van der Waals surface area (Å²) in [6.45, 7) is 0.512. The van der Waals surface area contributed by atoms with Gasteiger partial charge in [-0.1, -0.05) is 23.5 Å². The van der Waals surface area contributed by atoms with Crippen LogP contribution in [-0.4, -0.2) is 18.1 Å². The lowest BCUT2D eigenvalue weighted by Gasteiger charge is -2.03. The van der Waals surface area contributed by atoms with Gasteiger partial charge in [0.25, 0.3) is 0 Å². The first kappa shape index (κ1) is 13.8. The molecule has 0 aliphatic heterocycles. The predicted molar refractivity (Wildman–Crippen MR) is 86.3 cm³/mol. The minimum Gasteiger partial charge on any atom is -0.494 e. The average Bonchev–Trinajstić information content (AvgIpc) is 3.13. The van der Waals surface area contributed by atoms with E-state index in [1.54, 1.807) is 18.4 Å². The number of thiophene rings is 1. The Bertz CT molecular complexity index is 753. The molecule has 0 saturated carbocycles. The van der Waals surface area contributed by atoms with Crippen LogP contribution in [-0.2, 0) is 6.54 Å². The Labute approximate surface area is 129 Å². The Hall–Kier alpha value is -2.12. The van der Waals surface area contributed by atoms with Crippen LogP contribution in [0.2, 0.25) is 0 Å². The maximum absolute atomic E-state index is 11.9. The number of anilines is 1. The van der Waals surface area contributed by atoms with E-state index < -0.39 is 0 Å². The summed E-state index contributed by atoms with van der Waals surface area (Å²) in [5.74, 6) is 0.704. The van der Waals surface area contributed by atoms with Crippen molar-refractivity contribution in [2.24, 2.45) is 0 Å². The molecule has 3 rings (SSSR count). The van der Waals surface area contributed by atoms with E-state index in [9.17, 15) is 4.79 Å². The van der Waals surface area contributed by atoms with Gasteiger partial charge in [-0.05, 0) is 23.6 Å². The zero-order valence-electron chi connectivity index (χ0n) is 11.3. The number of rotatable bonds is 4. The van der Waals surface area contributed by atoms with Crippen LogP contribution in [0.15, 0.2) is 35.7 Å². The zero-order chi connectivity index (χ0) is 14.7. The SMILES string of the molecule is COc1cccc2sc(NC(=O)NCc3cccs3)nc12. The molecule has 0 aliphatic carbocycles. The molecule has 0 radical (unpaired) electrons. The molecule has 0 fully saturated rings. The Morgan fingerprint density at radius 3 is 3.00 bits per heavy atom. The van der Waals surface area contributed by atoms with E-state index in [-0.39, 0.29) is 6.03 Å². The molecule has 3 aromatic rings. The lowest BCUT2D eigenvalue weighted by Crippen LogP contribution is -2.27. The monoisotopic (exact) mass is 319 g/mol. The molecule has 2 N–H and O–H groups in total. The molecule has 7 heteroatoms. The van der Waals surface area contributed by atoms with Gasteiger partial charge in [0.1, 0.15) is 11.3 Å². The van der Waals surface area contributed by atoms with Gasteiger partial charge in [-0.3, -0.25) is 5.32 Å². The molecule has 2 aromatic heterocycles. The standard InChI is InChI=1S/C14H13N3O2S2/c1-19-10-5-2-6-11-12(10)16-14(21-11)17-13(18)15-8-9-4-3-7-20-9/h2-7H,8H2,1H3,(H2,15,16,17,18). The summed E-state index contributed by atoms with van der Waals surface area (Å²) in [6.07, 6.45) is 0. The number of benzene rings is 1. The summed E-state index contributed by atoms with van der Waals surface area (Å²) in [5, 5.41) is 8.09. The minimum absolute atomic E-state index is 0.263. The maximum atomic E-state index is 11.9. The lowest BCUT2D eigenvalue weighted by molar-refractivity contribution is 0.252. The molecule has 5 nitrogen and oxygen atoms in total. The first-order chi connectivity index (χ1) is 10.3. The number of hydrogen-bond donors (Lipinski definition) is 2. The number of thiazole rings is 1. The normalized spacial score (nSPS) is 10.5. The van der Waals surface area contributed by atoms with Gasteiger partial charge in [0, 0.05) is 4.88 Å². The molecule has 0 unspecified atom stereocenters. The van der Waals surface area contributed by atoms with Crippen molar-refractivity contribution < 1.29 is 9.53 Å². The molecule has 108 valence electrons. The second-order valence-corrected chi connectivity index (χ2v) is 6.28. The fourth-order valence-corrected chi connectivity index (χ4v) is 3.39. The summed E-state index contributed by atoms with van der Waals surface area (Å²) in [6, 6.07) is 9.38. The molecular formula is C14H13N3O2S2. The Morgan fingerprint density at radius 1 is 1.33 bits per heavy atom. The maximum Gasteiger partial charge on any atom is 0.321 e. The number of carbonyl (C=O) groups excluding carboxylic acids is 1. The summed E-state index contributed by atoms with van der Waals surface area (Å²) >= 11 is 3.03. The highest BCUT2D eigenvalue weighted by molar-refractivity contribution is 7.22. The van der Waals surface area contributed by atoms with Crippen molar-refractivity contribution in [1.29, 1.82) is 0 Å². The number of methoxy groups -OCH3 is 1. The van der Waals surface area contributed by atoms with Crippen LogP contribution in [0.3, 0.4) is 0 Å². The number of ether oxygens (including phenoxy) is 1. The van der Waals surface area contributed by atoms with E-state index in [2.05, 4.69) is 15.6 Å². The van der Waals surface area contributed by atoms with Gasteiger partial charge in [-0.25, -0.2) is 9.78 Å². The van der Waals surface area contributed by atoms with Crippen LogP contribution in [0, 0.1) is 0 Å². The number of para-hydroxylation sites is 1. The quantitative estimate of drug-likeness (QED) is 0.771. The number of fused-ring (bicyclic) bond motifs is 1. The smallest absolute Gasteiger partial charge is 0.321 e. The zero-order valence-corrected chi connectivity index (χ0v) is 12.9. The van der Waals surface area contributed by atoms with Gasteiger partial charge in [0.15, 0.2) is 5.13 Å². The second-order valence-electron chi connectivity index (χ2n) is 4.21. The molecular weight excluding hydrogens is 306 g/mol. The Morgan fingerprint density at radius 2 is 2.24 bits per heavy atom. The number of nitrogens with zero attached hydrogens (tertiary/aromatic N) is 1. The Kier molecular flexibility index (Phi) is 4.03. The first-order valence-electron chi connectivity index (χ1n) is 6.27. The summed E-state index contributed by atoms with van der Waals surface area (Å²) < 4.78 is 6.23. The van der Waals surface area contributed by atoms with E-state index >= 15 is 0 Å². The molecule has 2 heterocycles. The summed E-state index contributed by atoms with van der Waals surface area (Å²) in [7, 11) is 1.61. The molecule has 21 heavy (non-hydrogen) atoms. The molecule has 0 atom stereocenters. The number of amides is 2. The van der Waals surface area contributed by atoms with Crippen LogP contribution in [0.25, 0.3) is 10.2 Å². The van der Waals surface area contributed by atoms with Gasteiger partial charge in [-0.15, -0.1) is 11.3 Å². The lowest BCUT2D eigenvalue weighted by atomic mass is 10.3. The van der Waals surface area contributed by atoms with Gasteiger partial charge in [-0.2, -0.15) is 0 Å². The average molecular weight is 319 g/mol. The highest BCUT2D eigenvalue weighted by atomic mass is 32.1. The van der Waals surface area contributed by atoms with Gasteiger partial charge < -0.3 is 10.1 Å². The number of carbonyl (C=O) groups is 1. The highest BCUT2D eigenvalue weighted by Crippen LogP contribution is 2.31. The van der Waals surface area contributed by atoms with Crippen LogP contribution < -0.4 is 15.4 Å². The number of aromatic nitrogens is 1. The van der Waals surface area contributed by atoms with E-state index in [0.29, 0.717) is 17.4 Å². The third kappa shape index (κ3) is 3.14. The number of nitrogens with one attached hydrogen (secondary N) is 2. The Balaban J connectivity index is 1.68. The third-order valence-electron chi connectivity index (χ3n) is 2.83. The summed E-state index contributed by atoms with van der Waals surface area (Å²) in [4.78, 5) is 17.4. The fraction of sp³-hybridized carbons (Fsp3) is 0.143. The van der Waals surface area contributed by atoms with Gasteiger partial charge in [0.2, 0.25) is 0 Å². The first-order valence-corrected chi connectivity index (χ1v) is 7.96. The molecule has 0 saturated heterocycles. The van der Waals surface area contributed by atoms with E-state index in [0.717, 1.165) is 15.1 Å². The van der Waals surface area contributed by atoms with Crippen molar-refractivity contribution in [3.63, 3.8) is 0 Å². The number of urea groups is 1. The molecule has 2 amide bonds. The van der Waals surface area contributed by atoms with Gasteiger partial charge in [0.05, 0.1) is 18.4 Å². The van der Waals surface area contributed by atoms with Crippen molar-refractivity contribution in [3.05, 3.63) is 40.6 Å². The van der Waals surface area contributed by atoms with Crippen LogP contribution >= 0.6 is 22.7 Å². The van der Waals surface area contributed by atoms with E-state index in [1.165, 1.54) is 11.3 Å². The van der Waals surface area contributed by atoms with Crippen LogP contribution in [0.4, 0.5) is 9.93 Å². The number of hydrogen-bond acceptors (Lipinski definition) is 5. The summed E-state index contributed by atoms with van der Waals surface area (Å²) in [5.41, 5.74) is 0.763. The van der Waals surface area contributed by atoms with Crippen molar-refractivity contribution >= 4 is 44.1 Å². The minimum atomic E-state index is -0.263. The molecule has 1 aromatic carbocycles. The predicted octanol–water partition coefficient (Wildman–Crippen LogP) is 3.69. The topological polar surface area (TPSA) is 63.2 Å². The fourth-order valence-electron chi connectivity index (χ4n) is 1.86. The molecule has 0 spiro atoms. The van der Waals surface area contributed by atoms with E-state index in [1.807, 2.05) is 35.7 Å². The molecule has 0 bridgehead atoms. The van der Waals surface area contributed by atoms with Crippen molar-refractivity contribution in [3.8, 4) is 5.75 Å². The van der Waals surface area contributed by atoms with Crippen LogP contribution in [0.5, 0.6) is 5.75 Å². The van der Waals surface area contributed by atoms with Crippen LogP contribution in [0.1, 0.15) is 4.88 Å². The van der Waals surface area contributed by atoms with Crippen molar-refractivity contribution in [2.45, 2.75) is 6.54 Å². The molecule has 0 aliphatic rings. The van der Waals surface area contributed by atoms with Crippen molar-refractivity contribution in [1.82, 2.24) is 10.3 Å². The van der Waals surface area contributed by atoms with Crippen molar-refractivity contribution in [2.75, 3.05) is 12.4 Å². The van der Waals surface area contributed by atoms with Gasteiger partial charge >= 0.3 is 6.03 Å². The highest BCUT2D eigenvalue weighted by Gasteiger charge is 2.10. The van der Waals surface area contributed by atoms with E-state index in [4.69, 9.17) is 4.74 Å². The largest absolute Gasteiger partial charge is 0.494 e. The second kappa shape index (κ2) is 6.11. The third-order valence-corrected chi connectivity index (χ3v) is 4.64.